The van der Waals surface area contributed by atoms with Gasteiger partial charge in [-0.2, -0.15) is 0 Å². The number of benzene rings is 2. The van der Waals surface area contributed by atoms with Gasteiger partial charge >= 0.3 is 5.97 Å². The van der Waals surface area contributed by atoms with Gasteiger partial charge in [0.15, 0.2) is 0 Å². The molecule has 2 fully saturated rings. The van der Waals surface area contributed by atoms with E-state index in [-0.39, 0.29) is 30.1 Å². The highest BCUT2D eigenvalue weighted by atomic mass is 16.6. The zero-order chi connectivity index (χ0) is 25.2. The highest BCUT2D eigenvalue weighted by Gasteiger charge is 2.75. The molecule has 0 radical (unpaired) electrons. The van der Waals surface area contributed by atoms with Gasteiger partial charge < -0.3 is 14.4 Å². The molecule has 1 spiro atoms. The Labute approximate surface area is 212 Å². The molecular formula is C30H32N2O4. The average molecular weight is 485 g/mol. The van der Waals surface area contributed by atoms with Gasteiger partial charge in [-0.05, 0) is 75.5 Å². The number of esters is 1. The van der Waals surface area contributed by atoms with Crippen molar-refractivity contribution in [2.45, 2.75) is 68.7 Å². The van der Waals surface area contributed by atoms with Gasteiger partial charge in [-0.3, -0.25) is 14.5 Å². The van der Waals surface area contributed by atoms with Crippen LogP contribution in [0.5, 0.6) is 5.75 Å². The Bertz CT molecular complexity index is 1330. The summed E-state index contributed by atoms with van der Waals surface area (Å²) in [7, 11) is 3.96. The number of piperidine rings is 1. The van der Waals surface area contributed by atoms with Crippen molar-refractivity contribution in [2.75, 3.05) is 20.6 Å². The average Bonchev–Trinajstić information content (AvgIpc) is 3.19. The highest BCUT2D eigenvalue weighted by molar-refractivity contribution is 5.94. The van der Waals surface area contributed by atoms with Gasteiger partial charge in [0.2, 0.25) is 0 Å². The van der Waals surface area contributed by atoms with Crippen LogP contribution in [0.2, 0.25) is 0 Å². The van der Waals surface area contributed by atoms with Crippen molar-refractivity contribution in [3.05, 3.63) is 64.7 Å². The number of hydrogen-bond acceptors (Lipinski definition) is 5. The first-order valence-electron chi connectivity index (χ1n) is 12.8. The molecule has 186 valence electrons. The van der Waals surface area contributed by atoms with Crippen molar-refractivity contribution >= 4 is 11.9 Å². The third-order valence-electron chi connectivity index (χ3n) is 9.03. The normalized spacial score (nSPS) is 31.4. The zero-order valence-corrected chi connectivity index (χ0v) is 21.3. The molecule has 1 saturated carbocycles. The standard InChI is InChI=1S/C30H32N2O4/c1-19-7-5-8-21(17-19)11-12-26(34)32(4)23-13-14-30(36-20(2)33)25-18-22-9-6-10-24-27(22)29(30,28(23)35-24)15-16-31(25)3/h5-10,17,23,25,28H,13-16,18H2,1-4H3/t23-,25-,28+,29+,30-/m1/s1. The van der Waals surface area contributed by atoms with Crippen LogP contribution in [0.4, 0.5) is 0 Å². The number of ether oxygens (including phenoxy) is 2. The van der Waals surface area contributed by atoms with Crippen molar-refractivity contribution in [1.82, 2.24) is 9.80 Å². The van der Waals surface area contributed by atoms with E-state index in [9.17, 15) is 9.59 Å². The number of amides is 1. The lowest BCUT2D eigenvalue weighted by Crippen LogP contribution is -2.78. The largest absolute Gasteiger partial charge is 0.487 e. The third kappa shape index (κ3) is 3.08. The lowest BCUT2D eigenvalue weighted by atomic mass is 9.48. The molecule has 6 rings (SSSR count). The lowest BCUT2D eigenvalue weighted by Gasteiger charge is -2.65. The van der Waals surface area contributed by atoms with Gasteiger partial charge in [0.05, 0.1) is 17.5 Å². The van der Waals surface area contributed by atoms with Crippen molar-refractivity contribution in [2.24, 2.45) is 0 Å². The van der Waals surface area contributed by atoms with Crippen molar-refractivity contribution < 1.29 is 19.1 Å². The quantitative estimate of drug-likeness (QED) is 0.484. The fourth-order valence-corrected chi connectivity index (χ4v) is 7.61. The molecule has 5 atom stereocenters. The Hall–Kier alpha value is -3.30. The number of likely N-dealkylation sites (N-methyl/N-ethyl adjacent to an activating group) is 2. The van der Waals surface area contributed by atoms with Gasteiger partial charge in [0.1, 0.15) is 17.5 Å². The van der Waals surface area contributed by atoms with Crippen molar-refractivity contribution in [3.63, 3.8) is 0 Å². The Morgan fingerprint density at radius 2 is 2.00 bits per heavy atom. The van der Waals surface area contributed by atoms with Crippen molar-refractivity contribution in [3.8, 4) is 17.6 Å². The Kier molecular flexibility index (Phi) is 5.21. The molecular weight excluding hydrogens is 452 g/mol. The van der Waals surface area contributed by atoms with E-state index >= 15 is 0 Å². The molecule has 2 aromatic rings. The molecule has 1 saturated heterocycles. The van der Waals surface area contributed by atoms with Crippen LogP contribution in [0.3, 0.4) is 0 Å². The SMILES string of the molecule is CC(=O)O[C@@]12CC[C@@H](N(C)C(=O)C#Cc3cccc(C)c3)[C@@H]3Oc4cccc5c4[C@@]31CCN(C)[C@@H]2C5. The molecule has 2 aliphatic carbocycles. The molecule has 2 aromatic carbocycles. The molecule has 2 aliphatic heterocycles. The molecule has 1 amide bonds. The molecule has 0 unspecified atom stereocenters. The predicted molar refractivity (Wildman–Crippen MR) is 136 cm³/mol. The maximum Gasteiger partial charge on any atom is 0.303 e. The van der Waals surface area contributed by atoms with E-state index in [0.29, 0.717) is 12.8 Å². The second-order valence-electron chi connectivity index (χ2n) is 10.9. The second kappa shape index (κ2) is 8.11. The second-order valence-corrected chi connectivity index (χ2v) is 10.9. The number of likely N-dealkylation sites (tertiary alicyclic amines) is 1. The van der Waals surface area contributed by atoms with Crippen LogP contribution >= 0.6 is 0 Å². The van der Waals surface area contributed by atoms with E-state index in [1.165, 1.54) is 18.1 Å². The molecule has 36 heavy (non-hydrogen) atoms. The van der Waals surface area contributed by atoms with Crippen LogP contribution in [0.1, 0.15) is 48.4 Å². The summed E-state index contributed by atoms with van der Waals surface area (Å²) in [4.78, 5) is 29.9. The number of aryl methyl sites for hydroxylation is 1. The Morgan fingerprint density at radius 3 is 2.78 bits per heavy atom. The van der Waals surface area contributed by atoms with Gasteiger partial charge in [-0.25, -0.2) is 0 Å². The molecule has 6 heteroatoms. The fraction of sp³-hybridized carbons (Fsp3) is 0.467. The summed E-state index contributed by atoms with van der Waals surface area (Å²) in [6.45, 7) is 4.41. The van der Waals surface area contributed by atoms with E-state index in [1.54, 1.807) is 4.90 Å². The third-order valence-corrected chi connectivity index (χ3v) is 9.03. The Morgan fingerprint density at radius 1 is 1.19 bits per heavy atom. The number of nitrogens with zero attached hydrogens (tertiary/aromatic N) is 2. The van der Waals surface area contributed by atoms with E-state index in [4.69, 9.17) is 9.47 Å². The number of hydrogen-bond donors (Lipinski definition) is 0. The molecule has 0 aromatic heterocycles. The predicted octanol–water partition coefficient (Wildman–Crippen LogP) is 3.23. The lowest BCUT2D eigenvalue weighted by molar-refractivity contribution is -0.220. The molecule has 2 heterocycles. The molecule has 0 N–H and O–H groups in total. The smallest absolute Gasteiger partial charge is 0.303 e. The summed E-state index contributed by atoms with van der Waals surface area (Å²) in [6.07, 6.45) is 2.71. The summed E-state index contributed by atoms with van der Waals surface area (Å²) < 4.78 is 13.1. The van der Waals surface area contributed by atoms with Crippen LogP contribution in [0, 0.1) is 18.8 Å². The summed E-state index contributed by atoms with van der Waals surface area (Å²) in [5.74, 6) is 6.28. The monoisotopic (exact) mass is 484 g/mol. The van der Waals surface area contributed by atoms with E-state index in [1.807, 2.05) is 50.4 Å². The molecule has 4 aliphatic rings. The van der Waals surface area contributed by atoms with Crippen LogP contribution in [0.15, 0.2) is 42.5 Å². The van der Waals surface area contributed by atoms with E-state index in [0.717, 1.165) is 36.3 Å². The van der Waals surface area contributed by atoms with Crippen LogP contribution in [-0.2, 0) is 26.2 Å². The highest BCUT2D eigenvalue weighted by Crippen LogP contribution is 2.65. The first kappa shape index (κ1) is 23.1. The fourth-order valence-electron chi connectivity index (χ4n) is 7.61. The number of carbonyl (C=O) groups is 2. The maximum atomic E-state index is 13.3. The summed E-state index contributed by atoms with van der Waals surface area (Å²) >= 11 is 0. The Balaban J connectivity index is 1.41. The molecule has 2 bridgehead atoms. The number of rotatable bonds is 2. The zero-order valence-electron chi connectivity index (χ0n) is 21.3. The number of carbonyl (C=O) groups excluding carboxylic acids is 2. The maximum absolute atomic E-state index is 13.3. The molecule has 6 nitrogen and oxygen atoms in total. The van der Waals surface area contributed by atoms with E-state index in [2.05, 4.69) is 29.9 Å². The van der Waals surface area contributed by atoms with Gasteiger partial charge in [-0.1, -0.05) is 30.2 Å². The summed E-state index contributed by atoms with van der Waals surface area (Å²) in [5.41, 5.74) is 3.23. The van der Waals surface area contributed by atoms with Crippen LogP contribution in [0.25, 0.3) is 0 Å². The van der Waals surface area contributed by atoms with Crippen LogP contribution < -0.4 is 4.74 Å². The van der Waals surface area contributed by atoms with Gasteiger partial charge in [-0.15, -0.1) is 0 Å². The first-order chi connectivity index (χ1) is 17.3. The summed E-state index contributed by atoms with van der Waals surface area (Å²) in [6, 6.07) is 14.0. The van der Waals surface area contributed by atoms with Gasteiger partial charge in [0.25, 0.3) is 5.91 Å². The minimum Gasteiger partial charge on any atom is -0.487 e. The van der Waals surface area contributed by atoms with Crippen molar-refractivity contribution in [1.29, 1.82) is 0 Å². The first-order valence-corrected chi connectivity index (χ1v) is 12.8. The van der Waals surface area contributed by atoms with Gasteiger partial charge in [0, 0.05) is 31.0 Å². The minimum atomic E-state index is -0.677. The topological polar surface area (TPSA) is 59.1 Å². The summed E-state index contributed by atoms with van der Waals surface area (Å²) in [5, 5.41) is 0. The minimum absolute atomic E-state index is 0.0742. The van der Waals surface area contributed by atoms with Crippen LogP contribution in [-0.4, -0.2) is 66.1 Å². The van der Waals surface area contributed by atoms with E-state index < -0.39 is 11.0 Å².